The molecule has 0 fully saturated rings. The van der Waals surface area contributed by atoms with Crippen LogP contribution in [0.5, 0.6) is 0 Å². The summed E-state index contributed by atoms with van der Waals surface area (Å²) in [6, 6.07) is 0. The molecule has 2 atom stereocenters. The molecule has 0 spiro atoms. The molecular weight excluding hydrogens is 750 g/mol. The first-order valence-electron chi connectivity index (χ1n) is 24.7. The fourth-order valence-electron chi connectivity index (χ4n) is 7.22. The summed E-state index contributed by atoms with van der Waals surface area (Å²) in [6.45, 7) is 3.76. The van der Waals surface area contributed by atoms with Gasteiger partial charge in [-0.05, 0) is 38.5 Å². The molecule has 0 aromatic heterocycles. The molecular formula is C48H94NO8P. The molecule has 9 nitrogen and oxygen atoms in total. The van der Waals surface area contributed by atoms with Crippen LogP contribution < -0.4 is 5.73 Å². The molecule has 1 unspecified atom stereocenters. The van der Waals surface area contributed by atoms with Crippen molar-refractivity contribution in [3.8, 4) is 0 Å². The van der Waals surface area contributed by atoms with E-state index in [0.29, 0.717) is 6.42 Å². The molecule has 0 saturated carbocycles. The second-order valence-corrected chi connectivity index (χ2v) is 18.1. The van der Waals surface area contributed by atoms with Gasteiger partial charge in [0.15, 0.2) is 6.10 Å². The Labute approximate surface area is 358 Å². The molecule has 0 rings (SSSR count). The van der Waals surface area contributed by atoms with Crippen molar-refractivity contribution in [2.24, 2.45) is 5.73 Å². The summed E-state index contributed by atoms with van der Waals surface area (Å²) >= 11 is 0. The van der Waals surface area contributed by atoms with Crippen molar-refractivity contribution in [3.63, 3.8) is 0 Å². The van der Waals surface area contributed by atoms with Gasteiger partial charge in [0.2, 0.25) is 0 Å². The van der Waals surface area contributed by atoms with E-state index in [4.69, 9.17) is 24.3 Å². The SMILES string of the molecule is CCCCCCCCCC/C=C/CCCCCC(=O)O[C@H](COC(=O)CCCCCCCCCCCCCCCCCCCCCCCC)COP(=O)(O)OCCN. The molecule has 0 radical (unpaired) electrons. The van der Waals surface area contributed by atoms with Gasteiger partial charge < -0.3 is 20.1 Å². The standard InChI is InChI=1S/C48H94NO8P/c1-3-5-7-9-11-13-15-17-19-20-21-22-23-24-25-27-28-30-32-34-36-38-40-47(50)54-44-46(45-56-58(52,53)55-43-42-49)57-48(51)41-39-37-35-33-31-29-26-18-16-14-12-10-8-6-4-2/h29,31,46H,3-28,30,32-45,49H2,1-2H3,(H,52,53)/b31-29+/t46-/m1/s1. The van der Waals surface area contributed by atoms with Crippen LogP contribution in [0.2, 0.25) is 0 Å². The molecule has 0 aliphatic carbocycles. The minimum absolute atomic E-state index is 0.0541. The number of carbonyl (C=O) groups excluding carboxylic acids is 2. The summed E-state index contributed by atoms with van der Waals surface area (Å²) in [7, 11) is -4.38. The number of esters is 2. The highest BCUT2D eigenvalue weighted by Gasteiger charge is 2.26. The number of phosphoric acid groups is 1. The van der Waals surface area contributed by atoms with Crippen LogP contribution in [0.15, 0.2) is 12.2 Å². The molecule has 0 bridgehead atoms. The van der Waals surface area contributed by atoms with Gasteiger partial charge in [-0.1, -0.05) is 212 Å². The monoisotopic (exact) mass is 844 g/mol. The third-order valence-electron chi connectivity index (χ3n) is 10.9. The number of unbranched alkanes of at least 4 members (excludes halogenated alkanes) is 32. The molecule has 0 heterocycles. The van der Waals surface area contributed by atoms with Crippen molar-refractivity contribution in [1.29, 1.82) is 0 Å². The highest BCUT2D eigenvalue weighted by Crippen LogP contribution is 2.43. The van der Waals surface area contributed by atoms with Gasteiger partial charge in [-0.15, -0.1) is 0 Å². The van der Waals surface area contributed by atoms with Gasteiger partial charge in [-0.3, -0.25) is 18.6 Å². The predicted molar refractivity (Wildman–Crippen MR) is 243 cm³/mol. The van der Waals surface area contributed by atoms with Gasteiger partial charge in [-0.2, -0.15) is 0 Å². The average molecular weight is 844 g/mol. The van der Waals surface area contributed by atoms with Gasteiger partial charge in [0, 0.05) is 19.4 Å². The number of hydrogen-bond donors (Lipinski definition) is 2. The summed E-state index contributed by atoms with van der Waals surface area (Å²) in [5, 5.41) is 0. The largest absolute Gasteiger partial charge is 0.472 e. The van der Waals surface area contributed by atoms with Crippen LogP contribution >= 0.6 is 7.82 Å². The van der Waals surface area contributed by atoms with Gasteiger partial charge in [0.05, 0.1) is 13.2 Å². The van der Waals surface area contributed by atoms with Gasteiger partial charge in [-0.25, -0.2) is 4.57 Å². The first kappa shape index (κ1) is 56.8. The van der Waals surface area contributed by atoms with E-state index in [2.05, 4.69) is 26.0 Å². The van der Waals surface area contributed by atoms with Gasteiger partial charge >= 0.3 is 19.8 Å². The lowest BCUT2D eigenvalue weighted by Crippen LogP contribution is -2.29. The lowest BCUT2D eigenvalue weighted by molar-refractivity contribution is -0.161. The highest BCUT2D eigenvalue weighted by atomic mass is 31.2. The minimum Gasteiger partial charge on any atom is -0.462 e. The molecule has 3 N–H and O–H groups in total. The van der Waals surface area contributed by atoms with E-state index in [1.54, 1.807) is 0 Å². The Morgan fingerprint density at radius 1 is 0.500 bits per heavy atom. The number of nitrogens with two attached hydrogens (primary N) is 1. The minimum atomic E-state index is -4.38. The zero-order valence-electron chi connectivity index (χ0n) is 38.1. The second kappa shape index (κ2) is 45.3. The zero-order valence-corrected chi connectivity index (χ0v) is 38.9. The van der Waals surface area contributed by atoms with Crippen molar-refractivity contribution in [2.45, 2.75) is 258 Å². The fourth-order valence-corrected chi connectivity index (χ4v) is 7.99. The highest BCUT2D eigenvalue weighted by molar-refractivity contribution is 7.47. The summed E-state index contributed by atoms with van der Waals surface area (Å²) in [4.78, 5) is 35.0. The Morgan fingerprint density at radius 2 is 0.845 bits per heavy atom. The Hall–Kier alpha value is -1.25. The van der Waals surface area contributed by atoms with E-state index in [9.17, 15) is 19.0 Å². The smallest absolute Gasteiger partial charge is 0.462 e. The van der Waals surface area contributed by atoms with Crippen molar-refractivity contribution >= 4 is 19.8 Å². The first-order valence-corrected chi connectivity index (χ1v) is 26.2. The Kier molecular flexibility index (Phi) is 44.3. The third-order valence-corrected chi connectivity index (χ3v) is 11.9. The lowest BCUT2D eigenvalue weighted by atomic mass is 10.0. The number of phosphoric ester groups is 1. The van der Waals surface area contributed by atoms with E-state index >= 15 is 0 Å². The van der Waals surface area contributed by atoms with Crippen LogP contribution in [-0.2, 0) is 32.7 Å². The van der Waals surface area contributed by atoms with Gasteiger partial charge in [0.1, 0.15) is 6.61 Å². The van der Waals surface area contributed by atoms with E-state index in [1.807, 2.05) is 0 Å². The molecule has 344 valence electrons. The van der Waals surface area contributed by atoms with E-state index in [1.165, 1.54) is 173 Å². The normalized spacial score (nSPS) is 13.2. The number of ether oxygens (including phenoxy) is 2. The molecule has 0 aromatic rings. The molecule has 0 amide bonds. The van der Waals surface area contributed by atoms with Gasteiger partial charge in [0.25, 0.3) is 0 Å². The van der Waals surface area contributed by atoms with E-state index in [-0.39, 0.29) is 38.6 Å². The predicted octanol–water partition coefficient (Wildman–Crippen LogP) is 14.6. The maximum Gasteiger partial charge on any atom is 0.472 e. The van der Waals surface area contributed by atoms with Crippen LogP contribution in [0.1, 0.15) is 251 Å². The summed E-state index contributed by atoms with van der Waals surface area (Å²) in [5.41, 5.74) is 5.36. The summed E-state index contributed by atoms with van der Waals surface area (Å²) in [5.74, 6) is -0.832. The molecule has 10 heteroatoms. The maximum atomic E-state index is 12.6. The molecule has 0 saturated heterocycles. The number of carbonyl (C=O) groups is 2. The maximum absolute atomic E-state index is 12.6. The Balaban J connectivity index is 4.01. The first-order chi connectivity index (χ1) is 28.3. The number of allylic oxidation sites excluding steroid dienone is 2. The zero-order chi connectivity index (χ0) is 42.5. The second-order valence-electron chi connectivity index (χ2n) is 16.7. The fraction of sp³-hybridized carbons (Fsp3) is 0.917. The molecule has 58 heavy (non-hydrogen) atoms. The number of hydrogen-bond acceptors (Lipinski definition) is 8. The lowest BCUT2D eigenvalue weighted by Gasteiger charge is -2.19. The Bertz CT molecular complexity index is 964. The summed E-state index contributed by atoms with van der Waals surface area (Å²) in [6.07, 6.45) is 48.3. The van der Waals surface area contributed by atoms with Crippen molar-refractivity contribution in [1.82, 2.24) is 0 Å². The quantitative estimate of drug-likeness (QED) is 0.0266. The molecule has 0 aliphatic rings. The molecule has 0 aromatic carbocycles. The van der Waals surface area contributed by atoms with Crippen LogP contribution in [0.3, 0.4) is 0 Å². The average Bonchev–Trinajstić information content (AvgIpc) is 3.21. The topological polar surface area (TPSA) is 134 Å². The van der Waals surface area contributed by atoms with E-state index < -0.39 is 26.5 Å². The van der Waals surface area contributed by atoms with Crippen LogP contribution in [0.4, 0.5) is 0 Å². The molecule has 0 aliphatic heterocycles. The summed E-state index contributed by atoms with van der Waals surface area (Å²) < 4.78 is 32.9. The van der Waals surface area contributed by atoms with Crippen molar-refractivity contribution in [3.05, 3.63) is 12.2 Å². The van der Waals surface area contributed by atoms with Crippen LogP contribution in [0, 0.1) is 0 Å². The van der Waals surface area contributed by atoms with Crippen LogP contribution in [-0.4, -0.2) is 49.3 Å². The number of rotatable bonds is 47. The Morgan fingerprint density at radius 3 is 1.24 bits per heavy atom. The van der Waals surface area contributed by atoms with Crippen molar-refractivity contribution < 1.29 is 37.6 Å². The van der Waals surface area contributed by atoms with Crippen LogP contribution in [0.25, 0.3) is 0 Å². The third kappa shape index (κ3) is 44.3. The van der Waals surface area contributed by atoms with E-state index in [0.717, 1.165) is 44.9 Å². The van der Waals surface area contributed by atoms with Crippen molar-refractivity contribution in [2.75, 3.05) is 26.4 Å².